The van der Waals surface area contributed by atoms with Crippen LogP contribution in [0, 0.1) is 0 Å². The van der Waals surface area contributed by atoms with Crippen LogP contribution in [0.4, 0.5) is 0 Å². The van der Waals surface area contributed by atoms with E-state index in [4.69, 9.17) is 26.8 Å². The molecule has 16 heavy (non-hydrogen) atoms. The van der Waals surface area contributed by atoms with Crippen LogP contribution in [0.25, 0.3) is 0 Å². The Morgan fingerprint density at radius 3 is 2.44 bits per heavy atom. The van der Waals surface area contributed by atoms with Crippen molar-refractivity contribution in [1.82, 2.24) is 0 Å². The highest BCUT2D eigenvalue weighted by Crippen LogP contribution is 2.23. The Morgan fingerprint density at radius 1 is 1.31 bits per heavy atom. The van der Waals surface area contributed by atoms with E-state index in [0.29, 0.717) is 0 Å². The number of aliphatic hydroxyl groups is 4. The van der Waals surface area contributed by atoms with Crippen LogP contribution in [-0.2, 0) is 9.47 Å². The molecule has 5 atom stereocenters. The standard InChI is InChI=1S/C8H14O6S2/c1-16-8(15)14-7-6(12)5(11)4(10)3(2-9)13-7/h3-7,9-12H,2H2,1H3/t3-,4-,5+,6-,7?/m1/s1. The number of aliphatic hydroxyl groups excluding tert-OH is 4. The van der Waals surface area contributed by atoms with Crippen LogP contribution in [0.3, 0.4) is 0 Å². The van der Waals surface area contributed by atoms with E-state index in [1.807, 2.05) is 0 Å². The fourth-order valence-electron chi connectivity index (χ4n) is 1.31. The number of ether oxygens (including phenoxy) is 2. The lowest BCUT2D eigenvalue weighted by Gasteiger charge is -2.39. The van der Waals surface area contributed by atoms with Crippen molar-refractivity contribution in [3.05, 3.63) is 0 Å². The predicted octanol–water partition coefficient (Wildman–Crippen LogP) is -1.55. The van der Waals surface area contributed by atoms with Crippen LogP contribution in [0.15, 0.2) is 0 Å². The minimum absolute atomic E-state index is 0.143. The predicted molar refractivity (Wildman–Crippen MR) is 61.0 cm³/mol. The van der Waals surface area contributed by atoms with Crippen LogP contribution in [-0.4, -0.2) is 68.4 Å². The van der Waals surface area contributed by atoms with Gasteiger partial charge in [-0.2, -0.15) is 0 Å². The first kappa shape index (κ1) is 14.1. The van der Waals surface area contributed by atoms with Gasteiger partial charge in [-0.3, -0.25) is 0 Å². The summed E-state index contributed by atoms with van der Waals surface area (Å²) in [6.45, 7) is -0.489. The van der Waals surface area contributed by atoms with Crippen molar-refractivity contribution in [1.29, 1.82) is 0 Å². The van der Waals surface area contributed by atoms with E-state index in [-0.39, 0.29) is 4.38 Å². The molecular formula is C8H14O6S2. The molecule has 1 unspecified atom stereocenters. The molecule has 8 heteroatoms. The van der Waals surface area contributed by atoms with E-state index in [1.165, 1.54) is 0 Å². The SMILES string of the molecule is CSC(=S)OC1O[C@H](CO)[C@@H](O)[C@H](O)[C@H]1O. The minimum Gasteiger partial charge on any atom is -0.446 e. The zero-order valence-corrected chi connectivity index (χ0v) is 10.1. The van der Waals surface area contributed by atoms with Crippen molar-refractivity contribution in [2.45, 2.75) is 30.7 Å². The van der Waals surface area contributed by atoms with Gasteiger partial charge in [-0.05, 0) is 18.5 Å². The summed E-state index contributed by atoms with van der Waals surface area (Å²) in [7, 11) is 0. The molecule has 0 aliphatic carbocycles. The number of rotatable bonds is 2. The molecule has 1 aliphatic rings. The van der Waals surface area contributed by atoms with E-state index < -0.39 is 37.3 Å². The highest BCUT2D eigenvalue weighted by Gasteiger charge is 2.44. The third kappa shape index (κ3) is 3.04. The van der Waals surface area contributed by atoms with E-state index in [9.17, 15) is 15.3 Å². The molecule has 4 N–H and O–H groups in total. The number of thioether (sulfide) groups is 1. The Balaban J connectivity index is 2.67. The highest BCUT2D eigenvalue weighted by atomic mass is 32.2. The molecule has 1 rings (SSSR count). The molecule has 94 valence electrons. The quantitative estimate of drug-likeness (QED) is 0.448. The summed E-state index contributed by atoms with van der Waals surface area (Å²) < 4.78 is 10.3. The van der Waals surface area contributed by atoms with Crippen LogP contribution in [0.2, 0.25) is 0 Å². The summed E-state index contributed by atoms with van der Waals surface area (Å²) >= 11 is 5.92. The van der Waals surface area contributed by atoms with Crippen molar-refractivity contribution in [2.75, 3.05) is 12.9 Å². The van der Waals surface area contributed by atoms with E-state index in [0.717, 1.165) is 11.8 Å². The summed E-state index contributed by atoms with van der Waals surface area (Å²) in [5, 5.41) is 37.4. The van der Waals surface area contributed by atoms with Crippen LogP contribution >= 0.6 is 24.0 Å². The lowest BCUT2D eigenvalue weighted by atomic mass is 9.99. The second-order valence-corrected chi connectivity index (χ2v) is 4.68. The largest absolute Gasteiger partial charge is 0.446 e. The second-order valence-electron chi connectivity index (χ2n) is 3.27. The molecule has 1 saturated heterocycles. The monoisotopic (exact) mass is 270 g/mol. The normalized spacial score (nSPS) is 39.4. The number of hydrogen-bond acceptors (Lipinski definition) is 8. The van der Waals surface area contributed by atoms with Crippen LogP contribution in [0.5, 0.6) is 0 Å². The molecule has 0 spiro atoms. The minimum atomic E-state index is -1.44. The average Bonchev–Trinajstić information content (AvgIpc) is 2.29. The Bertz CT molecular complexity index is 249. The Morgan fingerprint density at radius 2 is 1.94 bits per heavy atom. The smallest absolute Gasteiger partial charge is 0.230 e. The molecule has 1 heterocycles. The summed E-state index contributed by atoms with van der Waals surface area (Å²) in [4.78, 5) is 0. The molecule has 6 nitrogen and oxygen atoms in total. The fraction of sp³-hybridized carbons (Fsp3) is 0.875. The van der Waals surface area contributed by atoms with Gasteiger partial charge in [0.05, 0.1) is 6.61 Å². The van der Waals surface area contributed by atoms with Crippen molar-refractivity contribution in [3.8, 4) is 0 Å². The van der Waals surface area contributed by atoms with Gasteiger partial charge in [0.25, 0.3) is 0 Å². The molecule has 0 radical (unpaired) electrons. The van der Waals surface area contributed by atoms with Gasteiger partial charge in [0.1, 0.15) is 24.4 Å². The molecule has 1 aliphatic heterocycles. The van der Waals surface area contributed by atoms with Gasteiger partial charge in [-0.15, -0.1) is 0 Å². The molecule has 1 fully saturated rings. The first-order chi connectivity index (χ1) is 7.51. The lowest BCUT2D eigenvalue weighted by molar-refractivity contribution is -0.279. The second kappa shape index (κ2) is 6.10. The topological polar surface area (TPSA) is 99.4 Å². The maximum Gasteiger partial charge on any atom is 0.230 e. The molecule has 0 aromatic carbocycles. The van der Waals surface area contributed by atoms with Gasteiger partial charge in [-0.1, -0.05) is 11.8 Å². The Labute approximate surface area is 102 Å². The first-order valence-electron chi connectivity index (χ1n) is 4.56. The van der Waals surface area contributed by atoms with Gasteiger partial charge in [0.15, 0.2) is 0 Å². The summed E-state index contributed by atoms with van der Waals surface area (Å²) in [6, 6.07) is 0. The lowest BCUT2D eigenvalue weighted by Crippen LogP contribution is -2.59. The molecule has 0 aromatic heterocycles. The third-order valence-electron chi connectivity index (χ3n) is 2.23. The molecule has 0 bridgehead atoms. The van der Waals surface area contributed by atoms with Crippen LogP contribution in [0.1, 0.15) is 0 Å². The fourth-order valence-corrected chi connectivity index (χ4v) is 1.59. The maximum atomic E-state index is 9.56. The zero-order chi connectivity index (χ0) is 12.3. The third-order valence-corrected chi connectivity index (χ3v) is 3.25. The van der Waals surface area contributed by atoms with Crippen molar-refractivity contribution < 1.29 is 29.9 Å². The maximum absolute atomic E-state index is 9.56. The number of hydrogen-bond donors (Lipinski definition) is 4. The molecular weight excluding hydrogens is 256 g/mol. The molecule has 0 aromatic rings. The Hall–Kier alpha value is 0.0400. The summed E-state index contributed by atoms with van der Waals surface area (Å²) in [5.41, 5.74) is 0. The zero-order valence-electron chi connectivity index (χ0n) is 8.52. The van der Waals surface area contributed by atoms with E-state index in [2.05, 4.69) is 0 Å². The summed E-state index contributed by atoms with van der Waals surface area (Å²) in [6.07, 6.45) is -4.72. The van der Waals surface area contributed by atoms with E-state index >= 15 is 0 Å². The van der Waals surface area contributed by atoms with Gasteiger partial charge in [0.2, 0.25) is 10.7 Å². The van der Waals surface area contributed by atoms with Gasteiger partial charge in [-0.25, -0.2) is 0 Å². The van der Waals surface area contributed by atoms with E-state index in [1.54, 1.807) is 6.26 Å². The van der Waals surface area contributed by atoms with Crippen molar-refractivity contribution in [2.24, 2.45) is 0 Å². The average molecular weight is 270 g/mol. The van der Waals surface area contributed by atoms with Gasteiger partial charge in [0, 0.05) is 0 Å². The van der Waals surface area contributed by atoms with Crippen LogP contribution < -0.4 is 0 Å². The van der Waals surface area contributed by atoms with Gasteiger partial charge >= 0.3 is 0 Å². The highest BCUT2D eigenvalue weighted by molar-refractivity contribution is 8.22. The molecule has 0 amide bonds. The molecule has 0 saturated carbocycles. The number of thiocarbonyl (C=S) groups is 1. The summed E-state index contributed by atoms with van der Waals surface area (Å²) in [5.74, 6) is 0. The first-order valence-corrected chi connectivity index (χ1v) is 6.19. The van der Waals surface area contributed by atoms with Gasteiger partial charge < -0.3 is 29.9 Å². The Kier molecular flexibility index (Phi) is 5.38. The van der Waals surface area contributed by atoms with Crippen molar-refractivity contribution >= 4 is 28.4 Å². The van der Waals surface area contributed by atoms with Crippen molar-refractivity contribution in [3.63, 3.8) is 0 Å².